The minimum atomic E-state index is -0.496. The number of nitrogens with zero attached hydrogens (tertiary/aromatic N) is 2. The Hall–Kier alpha value is -4.85. The molecule has 0 amide bonds. The number of hydrogen-bond donors (Lipinski definition) is 0. The highest BCUT2D eigenvalue weighted by atomic mass is 16.5. The second kappa shape index (κ2) is 19.1. The van der Waals surface area contributed by atoms with E-state index in [1.165, 1.54) is 32.1 Å². The van der Waals surface area contributed by atoms with Gasteiger partial charge in [0.2, 0.25) is 0 Å². The molecular formula is C40H49N2O6+. The zero-order chi connectivity index (χ0) is 34.1. The van der Waals surface area contributed by atoms with Gasteiger partial charge in [-0.15, -0.1) is 0 Å². The molecule has 0 bridgehead atoms. The topological polar surface area (TPSA) is 78.2 Å². The lowest BCUT2D eigenvalue weighted by atomic mass is 10.1. The van der Waals surface area contributed by atoms with Crippen LogP contribution >= 0.6 is 0 Å². The number of carbonyl (C=O) groups is 2. The van der Waals surface area contributed by atoms with E-state index < -0.39 is 11.9 Å². The van der Waals surface area contributed by atoms with E-state index in [4.69, 9.17) is 18.9 Å². The van der Waals surface area contributed by atoms with Gasteiger partial charge in [-0.1, -0.05) is 52.4 Å². The highest BCUT2D eigenvalue weighted by molar-refractivity contribution is 5.92. The third kappa shape index (κ3) is 11.4. The Kier molecular flexibility index (Phi) is 14.3. The Balaban J connectivity index is 1.31. The number of unbranched alkanes of at least 4 members (excludes halogenated alkanes) is 6. The molecule has 48 heavy (non-hydrogen) atoms. The predicted molar refractivity (Wildman–Crippen MR) is 188 cm³/mol. The Bertz CT molecular complexity index is 1540. The van der Waals surface area contributed by atoms with Gasteiger partial charge in [0, 0.05) is 38.3 Å². The molecule has 0 radical (unpaired) electrons. The van der Waals surface area contributed by atoms with Gasteiger partial charge in [-0.3, -0.25) is 0 Å². The first-order valence-corrected chi connectivity index (χ1v) is 17.1. The van der Waals surface area contributed by atoms with Gasteiger partial charge in [-0.2, -0.15) is 4.57 Å². The molecule has 8 nitrogen and oxygen atoms in total. The zero-order valence-electron chi connectivity index (χ0n) is 28.7. The third-order valence-electron chi connectivity index (χ3n) is 7.95. The van der Waals surface area contributed by atoms with Crippen LogP contribution in [0.2, 0.25) is 0 Å². The van der Waals surface area contributed by atoms with Crippen molar-refractivity contribution in [2.75, 3.05) is 25.6 Å². The third-order valence-corrected chi connectivity index (χ3v) is 7.95. The fourth-order valence-electron chi connectivity index (χ4n) is 5.04. The number of anilines is 1. The maximum Gasteiger partial charge on any atom is 0.343 e. The van der Waals surface area contributed by atoms with E-state index in [2.05, 4.69) is 47.8 Å². The first-order chi connectivity index (χ1) is 23.4. The average molecular weight is 654 g/mol. The monoisotopic (exact) mass is 653 g/mol. The number of aromatic nitrogens is 1. The maximum absolute atomic E-state index is 12.9. The molecule has 0 saturated heterocycles. The molecule has 0 spiro atoms. The van der Waals surface area contributed by atoms with Gasteiger partial charge < -0.3 is 23.8 Å². The molecule has 254 valence electrons. The zero-order valence-corrected chi connectivity index (χ0v) is 28.7. The van der Waals surface area contributed by atoms with Crippen molar-refractivity contribution in [1.82, 2.24) is 0 Å². The molecule has 1 unspecified atom stereocenters. The molecule has 1 heterocycles. The van der Waals surface area contributed by atoms with Gasteiger partial charge >= 0.3 is 18.2 Å². The van der Waals surface area contributed by atoms with Gasteiger partial charge in [0.15, 0.2) is 12.4 Å². The van der Waals surface area contributed by atoms with Gasteiger partial charge in [0.1, 0.15) is 23.0 Å². The number of esters is 2. The molecule has 0 aliphatic carbocycles. The lowest BCUT2D eigenvalue weighted by Crippen LogP contribution is -2.42. The van der Waals surface area contributed by atoms with E-state index in [-0.39, 0.29) is 6.23 Å². The van der Waals surface area contributed by atoms with Crippen molar-refractivity contribution in [3.8, 4) is 23.0 Å². The lowest BCUT2D eigenvalue weighted by Gasteiger charge is -2.16. The summed E-state index contributed by atoms with van der Waals surface area (Å²) in [7, 11) is 4.05. The van der Waals surface area contributed by atoms with Crippen LogP contribution in [0.4, 0.5) is 5.69 Å². The first kappa shape index (κ1) is 36.0. The summed E-state index contributed by atoms with van der Waals surface area (Å²) in [6.07, 6.45) is 14.1. The van der Waals surface area contributed by atoms with E-state index >= 15 is 0 Å². The van der Waals surface area contributed by atoms with Crippen LogP contribution in [-0.2, 0) is 0 Å². The Labute approximate surface area is 285 Å². The predicted octanol–water partition coefficient (Wildman–Crippen LogP) is 8.99. The maximum atomic E-state index is 12.9. The van der Waals surface area contributed by atoms with E-state index in [9.17, 15) is 9.59 Å². The smallest absolute Gasteiger partial charge is 0.343 e. The van der Waals surface area contributed by atoms with E-state index in [1.54, 1.807) is 72.8 Å². The summed E-state index contributed by atoms with van der Waals surface area (Å²) in [6.45, 7) is 4.98. The number of benzene rings is 3. The SMILES string of the molecule is CCCCCCCCC(Oc1ccc(C(=O)Oc2ccc(OC(=O)c3ccc(OCCCC)cc3)cc2)cc1)[n+]1ccc(N(C)C)cc1. The fraction of sp³-hybridized carbons (Fsp3) is 0.375. The summed E-state index contributed by atoms with van der Waals surface area (Å²) < 4.78 is 25.2. The van der Waals surface area contributed by atoms with E-state index in [1.807, 2.05) is 14.1 Å². The van der Waals surface area contributed by atoms with Crippen molar-refractivity contribution < 1.29 is 33.1 Å². The van der Waals surface area contributed by atoms with E-state index in [0.29, 0.717) is 40.7 Å². The van der Waals surface area contributed by atoms with E-state index in [0.717, 1.165) is 31.4 Å². The molecule has 8 heteroatoms. The molecule has 4 aromatic rings. The normalized spacial score (nSPS) is 11.4. The van der Waals surface area contributed by atoms with Crippen LogP contribution in [0.1, 0.15) is 98.6 Å². The van der Waals surface area contributed by atoms with Crippen molar-refractivity contribution >= 4 is 17.6 Å². The Morgan fingerprint density at radius 1 is 0.604 bits per heavy atom. The van der Waals surface area contributed by atoms with Crippen molar-refractivity contribution in [2.24, 2.45) is 0 Å². The van der Waals surface area contributed by atoms with Gasteiger partial charge in [-0.05, 0) is 85.6 Å². The summed E-state index contributed by atoms with van der Waals surface area (Å²) in [4.78, 5) is 27.6. The standard InChI is InChI=1S/C40H49N2O6/c1-5-7-9-10-11-12-13-38(42-28-26-33(27-29-42)41(3)4)46-35-20-16-32(17-21-35)40(44)48-37-24-22-36(23-25-37)47-39(43)31-14-18-34(19-15-31)45-30-8-6-2/h14-29,38H,5-13,30H2,1-4H3/q+1. The Morgan fingerprint density at radius 2 is 1.08 bits per heavy atom. The molecule has 0 aliphatic rings. The van der Waals surface area contributed by atoms with Crippen LogP contribution in [0.25, 0.3) is 0 Å². The van der Waals surface area contributed by atoms with Gasteiger partial charge in [0.25, 0.3) is 0 Å². The van der Waals surface area contributed by atoms with Gasteiger partial charge in [-0.25, -0.2) is 9.59 Å². The molecule has 0 aliphatic heterocycles. The minimum Gasteiger partial charge on any atom is -0.494 e. The van der Waals surface area contributed by atoms with Crippen LogP contribution < -0.4 is 28.4 Å². The summed E-state index contributed by atoms with van der Waals surface area (Å²) in [5.41, 5.74) is 1.93. The molecular weight excluding hydrogens is 604 g/mol. The highest BCUT2D eigenvalue weighted by Crippen LogP contribution is 2.23. The fourth-order valence-corrected chi connectivity index (χ4v) is 5.04. The molecule has 0 fully saturated rings. The Morgan fingerprint density at radius 3 is 1.60 bits per heavy atom. The first-order valence-electron chi connectivity index (χ1n) is 17.1. The molecule has 1 atom stereocenters. The second-order valence-electron chi connectivity index (χ2n) is 12.0. The van der Waals surface area contributed by atoms with Crippen LogP contribution in [0, 0.1) is 0 Å². The van der Waals surface area contributed by atoms with Crippen LogP contribution in [0.15, 0.2) is 97.3 Å². The minimum absolute atomic E-state index is 0.165. The summed E-state index contributed by atoms with van der Waals surface area (Å²) >= 11 is 0. The number of pyridine rings is 1. The average Bonchev–Trinajstić information content (AvgIpc) is 3.10. The number of hydrogen-bond acceptors (Lipinski definition) is 7. The van der Waals surface area contributed by atoms with Crippen molar-refractivity contribution in [1.29, 1.82) is 0 Å². The second-order valence-corrected chi connectivity index (χ2v) is 12.0. The molecule has 0 saturated carbocycles. The van der Waals surface area contributed by atoms with Crippen LogP contribution in [0.3, 0.4) is 0 Å². The van der Waals surface area contributed by atoms with Crippen molar-refractivity contribution in [3.05, 3.63) is 108 Å². The van der Waals surface area contributed by atoms with Crippen LogP contribution in [-0.4, -0.2) is 32.6 Å². The number of rotatable bonds is 19. The lowest BCUT2D eigenvalue weighted by molar-refractivity contribution is -0.754. The summed E-state index contributed by atoms with van der Waals surface area (Å²) in [5.74, 6) is 1.09. The molecule has 1 aromatic heterocycles. The molecule has 0 N–H and O–H groups in total. The summed E-state index contributed by atoms with van der Waals surface area (Å²) in [6, 6.07) is 24.4. The van der Waals surface area contributed by atoms with Crippen molar-refractivity contribution in [2.45, 2.75) is 77.9 Å². The van der Waals surface area contributed by atoms with Crippen LogP contribution in [0.5, 0.6) is 23.0 Å². The number of carbonyl (C=O) groups excluding carboxylic acids is 2. The molecule has 3 aromatic carbocycles. The largest absolute Gasteiger partial charge is 0.494 e. The highest BCUT2D eigenvalue weighted by Gasteiger charge is 2.21. The number of ether oxygens (including phenoxy) is 4. The molecule has 4 rings (SSSR count). The van der Waals surface area contributed by atoms with Crippen molar-refractivity contribution in [3.63, 3.8) is 0 Å². The summed E-state index contributed by atoms with van der Waals surface area (Å²) in [5, 5.41) is 0. The van der Waals surface area contributed by atoms with Gasteiger partial charge in [0.05, 0.1) is 17.7 Å². The quantitative estimate of drug-likeness (QED) is 0.0433.